The van der Waals surface area contributed by atoms with Gasteiger partial charge in [-0.2, -0.15) is 0 Å². The largest absolute Gasteiger partial charge is 0.392 e. The van der Waals surface area contributed by atoms with E-state index in [-0.39, 0.29) is 0 Å². The van der Waals surface area contributed by atoms with Crippen molar-refractivity contribution in [2.45, 2.75) is 27.3 Å². The molecule has 0 aliphatic rings. The van der Waals surface area contributed by atoms with Crippen LogP contribution < -0.4 is 0 Å². The van der Waals surface area contributed by atoms with Crippen LogP contribution in [-0.4, -0.2) is 21.8 Å². The highest BCUT2D eigenvalue weighted by Gasteiger charge is 2.31. The summed E-state index contributed by atoms with van der Waals surface area (Å²) in [5.41, 5.74) is 0. The predicted octanol–water partition coefficient (Wildman–Crippen LogP) is 2.25. The highest BCUT2D eigenvalue weighted by Crippen LogP contribution is 2.15. The molecule has 0 heterocycles. The standard InChI is InChI=1S/C8H18O2Si/c1-6-9-11(5,8(3)4)10-7-2/h3,6-7H2,1-2,4-5H3. The van der Waals surface area contributed by atoms with Gasteiger partial charge in [-0.15, -0.1) is 0 Å². The number of hydrogen-bond acceptors (Lipinski definition) is 2. The van der Waals surface area contributed by atoms with Gasteiger partial charge in [0.05, 0.1) is 0 Å². The van der Waals surface area contributed by atoms with E-state index in [4.69, 9.17) is 8.85 Å². The van der Waals surface area contributed by atoms with E-state index in [2.05, 4.69) is 6.58 Å². The molecule has 0 N–H and O–H groups in total. The van der Waals surface area contributed by atoms with Crippen LogP contribution >= 0.6 is 0 Å². The average Bonchev–Trinajstić information content (AvgIpc) is 1.88. The van der Waals surface area contributed by atoms with Gasteiger partial charge in [0, 0.05) is 13.2 Å². The van der Waals surface area contributed by atoms with Crippen molar-refractivity contribution in [1.82, 2.24) is 0 Å². The summed E-state index contributed by atoms with van der Waals surface area (Å²) in [6.07, 6.45) is 0. The van der Waals surface area contributed by atoms with Crippen LogP contribution in [0.5, 0.6) is 0 Å². The SMILES string of the molecule is C=C(C)[Si](C)(OCC)OCC. The Morgan fingerprint density at radius 2 is 1.64 bits per heavy atom. The Balaban J connectivity index is 4.13. The van der Waals surface area contributed by atoms with Crippen molar-refractivity contribution < 1.29 is 8.85 Å². The van der Waals surface area contributed by atoms with Gasteiger partial charge in [0.2, 0.25) is 0 Å². The summed E-state index contributed by atoms with van der Waals surface area (Å²) in [6, 6.07) is 0. The van der Waals surface area contributed by atoms with E-state index in [0.29, 0.717) is 13.2 Å². The molecule has 0 amide bonds. The smallest absolute Gasteiger partial charge is 0.364 e. The molecule has 0 saturated carbocycles. The summed E-state index contributed by atoms with van der Waals surface area (Å²) in [5, 5.41) is 1.04. The fourth-order valence-corrected chi connectivity index (χ4v) is 2.52. The van der Waals surface area contributed by atoms with Gasteiger partial charge >= 0.3 is 8.56 Å². The molecule has 0 atom stereocenters. The highest BCUT2D eigenvalue weighted by atomic mass is 28.4. The van der Waals surface area contributed by atoms with Crippen molar-refractivity contribution in [3.63, 3.8) is 0 Å². The average molecular weight is 174 g/mol. The zero-order valence-electron chi connectivity index (χ0n) is 7.94. The Hall–Kier alpha value is -0.123. The second-order valence-corrected chi connectivity index (χ2v) is 5.91. The predicted molar refractivity (Wildman–Crippen MR) is 49.7 cm³/mol. The number of rotatable bonds is 5. The minimum Gasteiger partial charge on any atom is -0.392 e. The molecule has 0 bridgehead atoms. The third-order valence-electron chi connectivity index (χ3n) is 1.61. The van der Waals surface area contributed by atoms with E-state index in [9.17, 15) is 0 Å². The summed E-state index contributed by atoms with van der Waals surface area (Å²) in [6.45, 7) is 13.2. The minimum atomic E-state index is -2.02. The van der Waals surface area contributed by atoms with Crippen LogP contribution in [0.15, 0.2) is 11.8 Å². The van der Waals surface area contributed by atoms with E-state index in [1.807, 2.05) is 27.3 Å². The van der Waals surface area contributed by atoms with Crippen molar-refractivity contribution >= 4 is 8.56 Å². The van der Waals surface area contributed by atoms with Crippen LogP contribution in [0.2, 0.25) is 6.55 Å². The molecule has 66 valence electrons. The summed E-state index contributed by atoms with van der Waals surface area (Å²) < 4.78 is 11.1. The van der Waals surface area contributed by atoms with Crippen molar-refractivity contribution in [3.05, 3.63) is 11.8 Å². The van der Waals surface area contributed by atoms with Crippen molar-refractivity contribution in [1.29, 1.82) is 0 Å². The van der Waals surface area contributed by atoms with Gasteiger partial charge in [0.15, 0.2) is 0 Å². The Morgan fingerprint density at radius 1 is 1.27 bits per heavy atom. The lowest BCUT2D eigenvalue weighted by molar-refractivity contribution is 0.198. The van der Waals surface area contributed by atoms with E-state index in [0.717, 1.165) is 5.20 Å². The molecule has 11 heavy (non-hydrogen) atoms. The monoisotopic (exact) mass is 174 g/mol. The maximum absolute atomic E-state index is 5.55. The molecule has 0 aromatic rings. The molecular weight excluding hydrogens is 156 g/mol. The van der Waals surface area contributed by atoms with Crippen LogP contribution in [-0.2, 0) is 8.85 Å². The lowest BCUT2D eigenvalue weighted by atomic mass is 10.8. The maximum atomic E-state index is 5.55. The van der Waals surface area contributed by atoms with Gasteiger partial charge in [-0.1, -0.05) is 6.58 Å². The second-order valence-electron chi connectivity index (χ2n) is 2.59. The molecule has 0 rings (SSSR count). The van der Waals surface area contributed by atoms with Crippen LogP contribution in [0.25, 0.3) is 0 Å². The first-order valence-electron chi connectivity index (χ1n) is 4.00. The lowest BCUT2D eigenvalue weighted by Crippen LogP contribution is -2.40. The van der Waals surface area contributed by atoms with Gasteiger partial charge in [0.25, 0.3) is 0 Å². The van der Waals surface area contributed by atoms with Gasteiger partial charge in [-0.05, 0) is 32.5 Å². The van der Waals surface area contributed by atoms with Gasteiger partial charge < -0.3 is 8.85 Å². The summed E-state index contributed by atoms with van der Waals surface area (Å²) >= 11 is 0. The van der Waals surface area contributed by atoms with Crippen molar-refractivity contribution in [3.8, 4) is 0 Å². The molecule has 0 radical (unpaired) electrons. The Bertz CT molecular complexity index is 128. The molecule has 0 aliphatic heterocycles. The van der Waals surface area contributed by atoms with Crippen LogP contribution in [0.4, 0.5) is 0 Å². The number of allylic oxidation sites excluding steroid dienone is 1. The first kappa shape index (κ1) is 10.9. The Morgan fingerprint density at radius 3 is 1.82 bits per heavy atom. The van der Waals surface area contributed by atoms with Crippen molar-refractivity contribution in [2.75, 3.05) is 13.2 Å². The molecule has 0 spiro atoms. The van der Waals surface area contributed by atoms with Crippen molar-refractivity contribution in [2.24, 2.45) is 0 Å². The van der Waals surface area contributed by atoms with Crippen LogP contribution in [0, 0.1) is 0 Å². The summed E-state index contributed by atoms with van der Waals surface area (Å²) in [4.78, 5) is 0. The second kappa shape index (κ2) is 4.69. The Labute approximate surface area is 70.5 Å². The quantitative estimate of drug-likeness (QED) is 0.595. The highest BCUT2D eigenvalue weighted by molar-refractivity contribution is 6.73. The molecule has 0 fully saturated rings. The minimum absolute atomic E-state index is 0.704. The molecule has 0 aromatic heterocycles. The molecule has 0 unspecified atom stereocenters. The van der Waals surface area contributed by atoms with E-state index in [1.54, 1.807) is 0 Å². The first-order chi connectivity index (χ1) is 5.06. The van der Waals surface area contributed by atoms with Gasteiger partial charge in [-0.25, -0.2) is 0 Å². The van der Waals surface area contributed by atoms with Gasteiger partial charge in [0.1, 0.15) is 0 Å². The third-order valence-corrected chi connectivity index (χ3v) is 4.84. The maximum Gasteiger partial charge on any atom is 0.364 e. The number of hydrogen-bond donors (Lipinski definition) is 0. The van der Waals surface area contributed by atoms with E-state index in [1.165, 1.54) is 0 Å². The molecule has 0 aromatic carbocycles. The summed E-state index contributed by atoms with van der Waals surface area (Å²) in [7, 11) is -2.02. The molecule has 0 aliphatic carbocycles. The molecule has 0 saturated heterocycles. The zero-order chi connectivity index (χ0) is 8.91. The Kier molecular flexibility index (Phi) is 4.64. The first-order valence-corrected chi connectivity index (χ1v) is 6.32. The van der Waals surface area contributed by atoms with E-state index >= 15 is 0 Å². The van der Waals surface area contributed by atoms with Crippen LogP contribution in [0.3, 0.4) is 0 Å². The van der Waals surface area contributed by atoms with Gasteiger partial charge in [-0.3, -0.25) is 0 Å². The zero-order valence-corrected chi connectivity index (χ0v) is 8.94. The topological polar surface area (TPSA) is 18.5 Å². The normalized spacial score (nSPS) is 11.6. The third kappa shape index (κ3) is 3.18. The van der Waals surface area contributed by atoms with E-state index < -0.39 is 8.56 Å². The molecular formula is C8H18O2Si. The lowest BCUT2D eigenvalue weighted by Gasteiger charge is -2.25. The summed E-state index contributed by atoms with van der Waals surface area (Å²) in [5.74, 6) is 0. The fraction of sp³-hybridized carbons (Fsp3) is 0.750. The molecule has 3 heteroatoms. The fourth-order valence-electron chi connectivity index (χ4n) is 0.839. The molecule has 2 nitrogen and oxygen atoms in total. The van der Waals surface area contributed by atoms with Crippen LogP contribution in [0.1, 0.15) is 20.8 Å².